The molecule has 7 heteroatoms. The van der Waals surface area contributed by atoms with E-state index >= 15 is 0 Å². The summed E-state index contributed by atoms with van der Waals surface area (Å²) in [5.41, 5.74) is 1.93. The molecule has 1 aliphatic heterocycles. The Kier molecular flexibility index (Phi) is 5.48. The minimum atomic E-state index is -0.104. The van der Waals surface area contributed by atoms with Crippen LogP contribution in [0.3, 0.4) is 0 Å². The molecule has 0 radical (unpaired) electrons. The third kappa shape index (κ3) is 3.60. The number of amides is 2. The number of carbonyl (C=O) groups excluding carboxylic acids is 2. The molecule has 2 aromatic rings. The summed E-state index contributed by atoms with van der Waals surface area (Å²) in [5.74, 6) is 1.92. The van der Waals surface area contributed by atoms with Gasteiger partial charge in [0.2, 0.25) is 0 Å². The second kappa shape index (κ2) is 8.18. The van der Waals surface area contributed by atoms with Crippen molar-refractivity contribution in [2.75, 3.05) is 26.7 Å². The van der Waals surface area contributed by atoms with Crippen LogP contribution in [-0.2, 0) is 4.74 Å². The molecule has 4 fully saturated rings. The lowest BCUT2D eigenvalue weighted by molar-refractivity contribution is -0.103. The number of imidazole rings is 1. The van der Waals surface area contributed by atoms with Gasteiger partial charge in [0.05, 0.1) is 6.10 Å². The van der Waals surface area contributed by atoms with Crippen molar-refractivity contribution in [3.8, 4) is 0 Å². The number of hydrogen-bond donors (Lipinski definition) is 1. The van der Waals surface area contributed by atoms with Crippen molar-refractivity contribution in [1.82, 2.24) is 19.6 Å². The van der Waals surface area contributed by atoms with E-state index in [1.165, 1.54) is 19.3 Å². The first-order valence-corrected chi connectivity index (χ1v) is 12.0. The number of ether oxygens (including phenoxy) is 1. The van der Waals surface area contributed by atoms with Gasteiger partial charge in [0.1, 0.15) is 17.0 Å². The fourth-order valence-corrected chi connectivity index (χ4v) is 6.28. The van der Waals surface area contributed by atoms with E-state index < -0.39 is 0 Å². The van der Waals surface area contributed by atoms with Gasteiger partial charge < -0.3 is 15.0 Å². The molecule has 172 valence electrons. The third-order valence-corrected chi connectivity index (χ3v) is 8.53. The number of pyridine rings is 1. The first-order valence-electron chi connectivity index (χ1n) is 12.0. The fraction of sp³-hybridized carbons (Fsp3) is 0.640. The van der Waals surface area contributed by atoms with Gasteiger partial charge in [-0.3, -0.25) is 14.0 Å². The average Bonchev–Trinajstić information content (AvgIpc) is 3.26. The van der Waals surface area contributed by atoms with Crippen LogP contribution in [0, 0.1) is 23.2 Å². The van der Waals surface area contributed by atoms with E-state index in [4.69, 9.17) is 4.74 Å². The molecule has 2 aromatic heterocycles. The van der Waals surface area contributed by atoms with Gasteiger partial charge >= 0.3 is 0 Å². The maximum absolute atomic E-state index is 13.1. The largest absolute Gasteiger partial charge is 0.381 e. The zero-order valence-electron chi connectivity index (χ0n) is 19.3. The number of carbonyl (C=O) groups is 2. The predicted octanol–water partition coefficient (Wildman–Crippen LogP) is 3.39. The summed E-state index contributed by atoms with van der Waals surface area (Å²) in [4.78, 5) is 32.4. The smallest absolute Gasteiger partial charge is 0.274 e. The van der Waals surface area contributed by atoms with E-state index in [0.717, 1.165) is 18.8 Å². The number of piperidine rings is 1. The quantitative estimate of drug-likeness (QED) is 0.776. The summed E-state index contributed by atoms with van der Waals surface area (Å²) < 4.78 is 7.14. The number of fused-ring (bicyclic) bond motifs is 3. The molecule has 2 bridgehead atoms. The van der Waals surface area contributed by atoms with E-state index in [0.29, 0.717) is 53.9 Å². The molecule has 3 saturated carbocycles. The summed E-state index contributed by atoms with van der Waals surface area (Å²) in [6.45, 7) is 6.80. The Hall–Kier alpha value is -2.41. The summed E-state index contributed by atoms with van der Waals surface area (Å²) in [6, 6.07) is 5.46. The number of likely N-dealkylation sites (tertiary alicyclic amines) is 1. The number of nitrogens with one attached hydrogen (secondary N) is 1. The molecule has 6 rings (SSSR count). The highest BCUT2D eigenvalue weighted by atomic mass is 16.5. The van der Waals surface area contributed by atoms with E-state index in [1.54, 1.807) is 23.8 Å². The second-order valence-corrected chi connectivity index (χ2v) is 10.4. The van der Waals surface area contributed by atoms with Crippen molar-refractivity contribution in [3.05, 3.63) is 35.8 Å². The Morgan fingerprint density at radius 1 is 1.19 bits per heavy atom. The first-order chi connectivity index (χ1) is 15.4. The van der Waals surface area contributed by atoms with Crippen LogP contribution in [0.1, 0.15) is 66.9 Å². The Balaban J connectivity index is 1.28. The molecule has 0 spiro atoms. The number of aromatic nitrogens is 2. The van der Waals surface area contributed by atoms with Crippen LogP contribution in [0.5, 0.6) is 0 Å². The lowest BCUT2D eigenvalue weighted by atomic mass is 9.45. The molecule has 32 heavy (non-hydrogen) atoms. The van der Waals surface area contributed by atoms with Crippen molar-refractivity contribution in [2.45, 2.75) is 52.1 Å². The van der Waals surface area contributed by atoms with E-state index in [-0.39, 0.29) is 17.9 Å². The lowest BCUT2D eigenvalue weighted by Gasteiger charge is -2.60. The molecule has 7 nitrogen and oxygen atoms in total. The zero-order chi connectivity index (χ0) is 22.5. The summed E-state index contributed by atoms with van der Waals surface area (Å²) in [7, 11) is 1.72. The molecule has 4 aliphatic rings. The van der Waals surface area contributed by atoms with Gasteiger partial charge in [-0.2, -0.15) is 0 Å². The van der Waals surface area contributed by atoms with Crippen LogP contribution in [-0.4, -0.2) is 58.9 Å². The zero-order valence-corrected chi connectivity index (χ0v) is 19.3. The first kappa shape index (κ1) is 21.4. The summed E-state index contributed by atoms with van der Waals surface area (Å²) in [5, 5.41) is 3.17. The Morgan fingerprint density at radius 2 is 1.97 bits per heavy atom. The third-order valence-electron chi connectivity index (χ3n) is 8.53. The van der Waals surface area contributed by atoms with Gasteiger partial charge in [-0.15, -0.1) is 0 Å². The summed E-state index contributed by atoms with van der Waals surface area (Å²) >= 11 is 0. The SMILES string of the molecule is COC1CCN(C(=O)c2cn3c(C(=O)NC[C@H]4CC[C@H]5C[C@@H]4C5(C)C)cccc3n2)CC1. The van der Waals surface area contributed by atoms with Crippen molar-refractivity contribution in [2.24, 2.45) is 23.2 Å². The van der Waals surface area contributed by atoms with Crippen LogP contribution in [0.2, 0.25) is 0 Å². The molecule has 3 heterocycles. The molecule has 1 saturated heterocycles. The Labute approximate surface area is 189 Å². The van der Waals surface area contributed by atoms with Crippen LogP contribution >= 0.6 is 0 Å². The van der Waals surface area contributed by atoms with Crippen molar-refractivity contribution in [1.29, 1.82) is 0 Å². The molecular formula is C25H34N4O3. The molecule has 2 amide bonds. The lowest BCUT2D eigenvalue weighted by Crippen LogP contribution is -2.54. The maximum atomic E-state index is 13.1. The van der Waals surface area contributed by atoms with Crippen molar-refractivity contribution < 1.29 is 14.3 Å². The predicted molar refractivity (Wildman–Crippen MR) is 122 cm³/mol. The number of rotatable bonds is 5. The number of methoxy groups -OCH3 is 1. The standard InChI is InChI=1S/C25H34N4O3/c1-25(2)17-8-7-16(19(25)13-17)14-26-23(30)21-5-4-6-22-27-20(15-29(21)22)24(31)28-11-9-18(32-3)10-12-28/h4-6,15-19H,7-14H2,1-3H3,(H,26,30)/t16-,17+,19+/m1/s1. The Bertz CT molecular complexity index is 1020. The minimum Gasteiger partial charge on any atom is -0.381 e. The molecule has 0 unspecified atom stereocenters. The van der Waals surface area contributed by atoms with Gasteiger partial charge in [0.25, 0.3) is 11.8 Å². The fourth-order valence-electron chi connectivity index (χ4n) is 6.28. The number of hydrogen-bond acceptors (Lipinski definition) is 4. The van der Waals surface area contributed by atoms with Gasteiger partial charge in [-0.25, -0.2) is 4.98 Å². The topological polar surface area (TPSA) is 75.9 Å². The van der Waals surface area contributed by atoms with E-state index in [1.807, 2.05) is 17.0 Å². The molecule has 3 aliphatic carbocycles. The normalized spacial score (nSPS) is 27.2. The van der Waals surface area contributed by atoms with Crippen LogP contribution in [0.4, 0.5) is 0 Å². The Morgan fingerprint density at radius 3 is 2.66 bits per heavy atom. The number of nitrogens with zero attached hydrogens (tertiary/aromatic N) is 3. The van der Waals surface area contributed by atoms with E-state index in [2.05, 4.69) is 24.1 Å². The second-order valence-electron chi connectivity index (χ2n) is 10.4. The molecule has 0 aromatic carbocycles. The van der Waals surface area contributed by atoms with E-state index in [9.17, 15) is 9.59 Å². The monoisotopic (exact) mass is 438 g/mol. The maximum Gasteiger partial charge on any atom is 0.274 e. The van der Waals surface area contributed by atoms with Crippen molar-refractivity contribution in [3.63, 3.8) is 0 Å². The van der Waals surface area contributed by atoms with Gasteiger partial charge in [-0.1, -0.05) is 19.9 Å². The highest BCUT2D eigenvalue weighted by Crippen LogP contribution is 2.61. The molecule has 1 N–H and O–H groups in total. The van der Waals surface area contributed by atoms with Crippen LogP contribution < -0.4 is 5.32 Å². The summed E-state index contributed by atoms with van der Waals surface area (Å²) in [6.07, 6.45) is 7.37. The van der Waals surface area contributed by atoms with Gasteiger partial charge in [-0.05, 0) is 67.4 Å². The highest BCUT2D eigenvalue weighted by Gasteiger charge is 2.53. The average molecular weight is 439 g/mol. The molecule has 3 atom stereocenters. The molecular weight excluding hydrogens is 404 g/mol. The van der Waals surface area contributed by atoms with Crippen LogP contribution in [0.25, 0.3) is 5.65 Å². The van der Waals surface area contributed by atoms with Gasteiger partial charge in [0, 0.05) is 32.9 Å². The minimum absolute atomic E-state index is 0.0846. The van der Waals surface area contributed by atoms with Gasteiger partial charge in [0.15, 0.2) is 0 Å². The van der Waals surface area contributed by atoms with Crippen LogP contribution in [0.15, 0.2) is 24.4 Å². The highest BCUT2D eigenvalue weighted by molar-refractivity contribution is 5.95. The van der Waals surface area contributed by atoms with Crippen molar-refractivity contribution >= 4 is 17.5 Å².